The molecule has 0 aliphatic carbocycles. The molecule has 0 bridgehead atoms. The molecule has 0 aliphatic rings. The van der Waals surface area contributed by atoms with Gasteiger partial charge in [0.05, 0.1) is 0 Å². The lowest BCUT2D eigenvalue weighted by Gasteiger charge is -2.02. The molecule has 0 saturated carbocycles. The second kappa shape index (κ2) is 4.45. The number of nitrogens with one attached hydrogen (secondary N) is 2. The third-order valence-electron chi connectivity index (χ3n) is 2.69. The van der Waals surface area contributed by atoms with E-state index in [1.807, 2.05) is 0 Å². The highest BCUT2D eigenvalue weighted by atomic mass is 16.4. The first-order valence-corrected chi connectivity index (χ1v) is 5.70. The quantitative estimate of drug-likeness (QED) is 0.656. The molecule has 0 aliphatic heterocycles. The Bertz CT molecular complexity index is 626. The van der Waals surface area contributed by atoms with Crippen LogP contribution in [-0.4, -0.2) is 10.2 Å². The van der Waals surface area contributed by atoms with Crippen molar-refractivity contribution in [3.05, 3.63) is 60.0 Å². The lowest BCUT2D eigenvalue weighted by molar-refractivity contribution is 0.584. The van der Waals surface area contributed by atoms with Crippen molar-refractivity contribution in [2.24, 2.45) is 0 Å². The van der Waals surface area contributed by atoms with E-state index in [0.29, 0.717) is 23.2 Å². The molecule has 2 aromatic carbocycles. The molecule has 0 spiro atoms. The number of nitrogens with zero attached hydrogens (tertiary/aromatic N) is 2. The lowest BCUT2D eigenvalue weighted by atomic mass is 10.2. The summed E-state index contributed by atoms with van der Waals surface area (Å²) in [6.07, 6.45) is 0. The SMILES string of the molecule is [NH-]c1ccc(-c2nnc(-c3ccc([NH-])cc3)o2)cc1. The Hall–Kier alpha value is -2.82. The van der Waals surface area contributed by atoms with Gasteiger partial charge < -0.3 is 15.9 Å². The molecule has 0 radical (unpaired) electrons. The molecule has 5 nitrogen and oxygen atoms in total. The number of hydrogen-bond donors (Lipinski definition) is 0. The van der Waals surface area contributed by atoms with Crippen LogP contribution in [-0.2, 0) is 0 Å². The summed E-state index contributed by atoms with van der Waals surface area (Å²) in [5.74, 6) is 0.843. The van der Waals surface area contributed by atoms with Gasteiger partial charge in [0.1, 0.15) is 0 Å². The van der Waals surface area contributed by atoms with Crippen LogP contribution in [0.15, 0.2) is 52.9 Å². The van der Waals surface area contributed by atoms with Crippen LogP contribution >= 0.6 is 0 Å². The average Bonchev–Trinajstić information content (AvgIpc) is 2.90. The third kappa shape index (κ3) is 2.26. The molecule has 0 amide bonds. The highest BCUT2D eigenvalue weighted by molar-refractivity contribution is 5.62. The van der Waals surface area contributed by atoms with E-state index in [4.69, 9.17) is 15.9 Å². The fourth-order valence-corrected chi connectivity index (χ4v) is 1.68. The number of rotatable bonds is 2. The van der Waals surface area contributed by atoms with E-state index < -0.39 is 0 Å². The van der Waals surface area contributed by atoms with Gasteiger partial charge in [-0.1, -0.05) is 48.5 Å². The van der Waals surface area contributed by atoms with E-state index in [1.165, 1.54) is 0 Å². The summed E-state index contributed by atoms with van der Waals surface area (Å²) in [6, 6.07) is 13.8. The standard InChI is InChI=1S/C14H10N4O/c15-11-5-1-9(2-6-11)13-17-18-14(19-13)10-3-7-12(16)8-4-10/h1-8,15-16H/q-2. The van der Waals surface area contributed by atoms with Crippen molar-refractivity contribution in [1.82, 2.24) is 10.2 Å². The van der Waals surface area contributed by atoms with E-state index >= 15 is 0 Å². The maximum Gasteiger partial charge on any atom is 0.248 e. The number of aromatic nitrogens is 2. The molecule has 94 valence electrons. The second-order valence-electron chi connectivity index (χ2n) is 4.07. The summed E-state index contributed by atoms with van der Waals surface area (Å²) >= 11 is 0. The predicted octanol–water partition coefficient (Wildman–Crippen LogP) is 4.77. The molecule has 0 saturated heterocycles. The van der Waals surface area contributed by atoms with Crippen LogP contribution < -0.4 is 0 Å². The fraction of sp³-hybridized carbons (Fsp3) is 0. The maximum absolute atomic E-state index is 7.43. The first-order chi connectivity index (χ1) is 9.22. The molecule has 0 fully saturated rings. The van der Waals surface area contributed by atoms with Crippen molar-refractivity contribution in [3.8, 4) is 22.9 Å². The zero-order chi connectivity index (χ0) is 13.2. The van der Waals surface area contributed by atoms with Gasteiger partial charge in [-0.25, -0.2) is 0 Å². The van der Waals surface area contributed by atoms with Crippen LogP contribution in [0.3, 0.4) is 0 Å². The Morgan fingerprint density at radius 1 is 0.632 bits per heavy atom. The van der Waals surface area contributed by atoms with Gasteiger partial charge in [0.25, 0.3) is 0 Å². The Morgan fingerprint density at radius 3 is 1.37 bits per heavy atom. The largest absolute Gasteiger partial charge is 0.699 e. The average molecular weight is 250 g/mol. The van der Waals surface area contributed by atoms with Gasteiger partial charge in [-0.2, -0.15) is 0 Å². The summed E-state index contributed by atoms with van der Waals surface area (Å²) in [6.45, 7) is 0. The van der Waals surface area contributed by atoms with Crippen molar-refractivity contribution in [3.63, 3.8) is 0 Å². The van der Waals surface area contributed by atoms with Crippen molar-refractivity contribution in [2.45, 2.75) is 0 Å². The van der Waals surface area contributed by atoms with E-state index in [0.717, 1.165) is 11.1 Å². The number of hydrogen-bond acceptors (Lipinski definition) is 3. The van der Waals surface area contributed by atoms with Crippen molar-refractivity contribution in [1.29, 1.82) is 0 Å². The minimum Gasteiger partial charge on any atom is -0.699 e. The molecule has 2 N–H and O–H groups in total. The van der Waals surface area contributed by atoms with E-state index in [9.17, 15) is 0 Å². The van der Waals surface area contributed by atoms with Gasteiger partial charge >= 0.3 is 0 Å². The summed E-state index contributed by atoms with van der Waals surface area (Å²) in [4.78, 5) is 0. The summed E-state index contributed by atoms with van der Waals surface area (Å²) < 4.78 is 5.59. The lowest BCUT2D eigenvalue weighted by Crippen LogP contribution is -1.76. The van der Waals surface area contributed by atoms with E-state index in [1.54, 1.807) is 48.5 Å². The van der Waals surface area contributed by atoms with Crippen LogP contribution in [0.25, 0.3) is 34.4 Å². The zero-order valence-corrected chi connectivity index (χ0v) is 9.92. The number of benzene rings is 2. The van der Waals surface area contributed by atoms with Crippen LogP contribution in [0.2, 0.25) is 0 Å². The molecular weight excluding hydrogens is 240 g/mol. The summed E-state index contributed by atoms with van der Waals surface area (Å²) in [5, 5.41) is 7.98. The van der Waals surface area contributed by atoms with Crippen molar-refractivity contribution >= 4 is 11.4 Å². The topological polar surface area (TPSA) is 86.5 Å². The molecule has 0 unspecified atom stereocenters. The molecular formula is C14H10N4O-2. The summed E-state index contributed by atoms with van der Waals surface area (Å²) in [5.41, 5.74) is 17.3. The van der Waals surface area contributed by atoms with Gasteiger partial charge in [-0.15, -0.1) is 21.6 Å². The van der Waals surface area contributed by atoms with Gasteiger partial charge in [-0.3, -0.25) is 0 Å². The highest BCUT2D eigenvalue weighted by Crippen LogP contribution is 2.26. The first kappa shape index (κ1) is 11.3. The van der Waals surface area contributed by atoms with E-state index in [-0.39, 0.29) is 0 Å². The van der Waals surface area contributed by atoms with Crippen LogP contribution in [0, 0.1) is 0 Å². The molecule has 3 rings (SSSR count). The Balaban J connectivity index is 1.95. The van der Waals surface area contributed by atoms with Crippen molar-refractivity contribution < 1.29 is 4.42 Å². The van der Waals surface area contributed by atoms with Gasteiger partial charge in [0, 0.05) is 11.1 Å². The van der Waals surface area contributed by atoms with Crippen LogP contribution in [0.1, 0.15) is 0 Å². The monoisotopic (exact) mass is 250 g/mol. The highest BCUT2D eigenvalue weighted by Gasteiger charge is 2.09. The summed E-state index contributed by atoms with van der Waals surface area (Å²) in [7, 11) is 0. The van der Waals surface area contributed by atoms with Crippen molar-refractivity contribution in [2.75, 3.05) is 0 Å². The minimum atomic E-state index is 0.421. The molecule has 0 atom stereocenters. The third-order valence-corrected chi connectivity index (χ3v) is 2.69. The smallest absolute Gasteiger partial charge is 0.248 e. The van der Waals surface area contributed by atoms with Gasteiger partial charge in [0.2, 0.25) is 11.8 Å². The minimum absolute atomic E-state index is 0.421. The van der Waals surface area contributed by atoms with Gasteiger partial charge in [-0.05, 0) is 0 Å². The van der Waals surface area contributed by atoms with E-state index in [2.05, 4.69) is 10.2 Å². The molecule has 3 aromatic rings. The fourth-order valence-electron chi connectivity index (χ4n) is 1.68. The molecule has 1 aromatic heterocycles. The molecule has 5 heteroatoms. The zero-order valence-electron chi connectivity index (χ0n) is 9.92. The van der Waals surface area contributed by atoms with Crippen LogP contribution in [0.5, 0.6) is 0 Å². The normalized spacial score (nSPS) is 10.5. The second-order valence-corrected chi connectivity index (χ2v) is 4.07. The van der Waals surface area contributed by atoms with Gasteiger partial charge in [0.15, 0.2) is 0 Å². The Labute approximate surface area is 109 Å². The Kier molecular flexibility index (Phi) is 2.64. The first-order valence-electron chi connectivity index (χ1n) is 5.70. The molecule has 1 heterocycles. The maximum atomic E-state index is 7.43. The molecule has 19 heavy (non-hydrogen) atoms. The van der Waals surface area contributed by atoms with Crippen LogP contribution in [0.4, 0.5) is 11.4 Å². The predicted molar refractivity (Wildman–Crippen MR) is 73.1 cm³/mol. The Morgan fingerprint density at radius 2 is 1.00 bits per heavy atom.